The molecule has 0 aliphatic rings. The van der Waals surface area contributed by atoms with Crippen LogP contribution in [0.5, 0.6) is 11.5 Å². The van der Waals surface area contributed by atoms with Gasteiger partial charge in [0.1, 0.15) is 11.5 Å². The van der Waals surface area contributed by atoms with Gasteiger partial charge in [0.15, 0.2) is 0 Å². The van der Waals surface area contributed by atoms with Crippen molar-refractivity contribution < 1.29 is 19.2 Å². The van der Waals surface area contributed by atoms with Gasteiger partial charge < -0.3 is 14.8 Å². The molecule has 1 amide bonds. The highest BCUT2D eigenvalue weighted by atomic mass is 16.6. The standard InChI is InChI=1S/C18H20N2O5/c1-4-12-5-6-14(11-16(12)20(22)23)19-18(21)10-13-9-15(24-2)7-8-17(13)25-3/h5-9,11H,4,10H2,1-3H3,(H,19,21). The Balaban J connectivity index is 2.18. The summed E-state index contributed by atoms with van der Waals surface area (Å²) in [6.45, 7) is 1.84. The molecule has 0 saturated carbocycles. The molecule has 0 atom stereocenters. The number of methoxy groups -OCH3 is 2. The molecule has 2 aromatic carbocycles. The molecule has 1 N–H and O–H groups in total. The molecular weight excluding hydrogens is 324 g/mol. The van der Waals surface area contributed by atoms with Gasteiger partial charge in [0, 0.05) is 22.9 Å². The molecule has 0 heterocycles. The van der Waals surface area contributed by atoms with E-state index in [-0.39, 0.29) is 18.0 Å². The average molecular weight is 344 g/mol. The number of rotatable bonds is 7. The van der Waals surface area contributed by atoms with Gasteiger partial charge in [-0.2, -0.15) is 0 Å². The van der Waals surface area contributed by atoms with Crippen LogP contribution >= 0.6 is 0 Å². The first-order valence-electron chi connectivity index (χ1n) is 7.76. The highest BCUT2D eigenvalue weighted by molar-refractivity contribution is 5.93. The first kappa shape index (κ1) is 18.3. The number of benzene rings is 2. The quantitative estimate of drug-likeness (QED) is 0.614. The third-order valence-electron chi connectivity index (χ3n) is 3.79. The molecule has 0 spiro atoms. The minimum absolute atomic E-state index is 0.000684. The van der Waals surface area contributed by atoms with E-state index in [1.54, 1.807) is 37.4 Å². The first-order chi connectivity index (χ1) is 12.0. The van der Waals surface area contributed by atoms with Crippen molar-refractivity contribution in [2.75, 3.05) is 19.5 Å². The lowest BCUT2D eigenvalue weighted by molar-refractivity contribution is -0.385. The first-order valence-corrected chi connectivity index (χ1v) is 7.76. The lowest BCUT2D eigenvalue weighted by atomic mass is 10.1. The lowest BCUT2D eigenvalue weighted by Crippen LogP contribution is -2.15. The molecule has 0 aliphatic heterocycles. The molecule has 25 heavy (non-hydrogen) atoms. The third kappa shape index (κ3) is 4.47. The van der Waals surface area contributed by atoms with E-state index in [2.05, 4.69) is 5.32 Å². The van der Waals surface area contributed by atoms with Crippen LogP contribution in [0, 0.1) is 10.1 Å². The number of carbonyl (C=O) groups excluding carboxylic acids is 1. The minimum Gasteiger partial charge on any atom is -0.497 e. The van der Waals surface area contributed by atoms with Crippen molar-refractivity contribution in [3.63, 3.8) is 0 Å². The van der Waals surface area contributed by atoms with Crippen LogP contribution < -0.4 is 14.8 Å². The van der Waals surface area contributed by atoms with Crippen molar-refractivity contribution >= 4 is 17.3 Å². The van der Waals surface area contributed by atoms with E-state index in [0.717, 1.165) is 0 Å². The summed E-state index contributed by atoms with van der Waals surface area (Å²) in [6, 6.07) is 9.88. The fourth-order valence-electron chi connectivity index (χ4n) is 2.51. The highest BCUT2D eigenvalue weighted by Crippen LogP contribution is 2.26. The molecule has 0 bridgehead atoms. The summed E-state index contributed by atoms with van der Waals surface area (Å²) in [5.41, 5.74) is 1.67. The normalized spacial score (nSPS) is 10.2. The minimum atomic E-state index is -0.445. The summed E-state index contributed by atoms with van der Waals surface area (Å²) in [5.74, 6) is 0.889. The van der Waals surface area contributed by atoms with Crippen LogP contribution in [-0.2, 0) is 17.6 Å². The predicted octanol–water partition coefficient (Wildman–Crippen LogP) is 3.36. The molecule has 0 aromatic heterocycles. The van der Waals surface area contributed by atoms with Gasteiger partial charge in [0.05, 0.1) is 25.6 Å². The number of anilines is 1. The number of aryl methyl sites for hydroxylation is 1. The molecule has 0 radical (unpaired) electrons. The van der Waals surface area contributed by atoms with Crippen molar-refractivity contribution in [2.45, 2.75) is 19.8 Å². The second-order valence-corrected chi connectivity index (χ2v) is 5.36. The Labute approximate surface area is 145 Å². The van der Waals surface area contributed by atoms with Gasteiger partial charge in [-0.3, -0.25) is 14.9 Å². The Morgan fingerprint density at radius 1 is 1.12 bits per heavy atom. The SMILES string of the molecule is CCc1ccc(NC(=O)Cc2cc(OC)ccc2OC)cc1[N+](=O)[O-]. The van der Waals surface area contributed by atoms with Gasteiger partial charge in [-0.15, -0.1) is 0 Å². The van der Waals surface area contributed by atoms with Crippen molar-refractivity contribution in [1.82, 2.24) is 0 Å². The molecule has 132 valence electrons. The van der Waals surface area contributed by atoms with Gasteiger partial charge in [-0.25, -0.2) is 0 Å². The van der Waals surface area contributed by atoms with Crippen LogP contribution in [0.25, 0.3) is 0 Å². The lowest BCUT2D eigenvalue weighted by Gasteiger charge is -2.11. The van der Waals surface area contributed by atoms with Crippen LogP contribution in [0.15, 0.2) is 36.4 Å². The van der Waals surface area contributed by atoms with Crippen LogP contribution in [0.3, 0.4) is 0 Å². The van der Waals surface area contributed by atoms with Crippen LogP contribution in [0.1, 0.15) is 18.1 Å². The summed E-state index contributed by atoms with van der Waals surface area (Å²) in [4.78, 5) is 23.0. The number of nitro benzene ring substituents is 1. The van der Waals surface area contributed by atoms with E-state index < -0.39 is 4.92 Å². The number of ether oxygens (including phenoxy) is 2. The van der Waals surface area contributed by atoms with Gasteiger partial charge in [0.25, 0.3) is 5.69 Å². The largest absolute Gasteiger partial charge is 0.497 e. The zero-order chi connectivity index (χ0) is 18.4. The molecule has 2 rings (SSSR count). The smallest absolute Gasteiger partial charge is 0.274 e. The number of hydrogen-bond acceptors (Lipinski definition) is 5. The van der Waals surface area contributed by atoms with E-state index in [1.165, 1.54) is 13.2 Å². The molecule has 7 nitrogen and oxygen atoms in total. The van der Waals surface area contributed by atoms with Crippen LogP contribution in [-0.4, -0.2) is 25.1 Å². The highest BCUT2D eigenvalue weighted by Gasteiger charge is 2.15. The number of nitrogens with zero attached hydrogens (tertiary/aromatic N) is 1. The van der Waals surface area contributed by atoms with Crippen LogP contribution in [0.4, 0.5) is 11.4 Å². The molecule has 2 aromatic rings. The molecular formula is C18H20N2O5. The van der Waals surface area contributed by atoms with Crippen molar-refractivity contribution in [1.29, 1.82) is 0 Å². The van der Waals surface area contributed by atoms with Crippen molar-refractivity contribution in [2.24, 2.45) is 0 Å². The van der Waals surface area contributed by atoms with E-state index in [9.17, 15) is 14.9 Å². The number of nitrogens with one attached hydrogen (secondary N) is 1. The van der Waals surface area contributed by atoms with Gasteiger partial charge in [-0.05, 0) is 30.7 Å². The summed E-state index contributed by atoms with van der Waals surface area (Å²) < 4.78 is 10.4. The summed E-state index contributed by atoms with van der Waals surface area (Å²) >= 11 is 0. The maximum absolute atomic E-state index is 12.3. The molecule has 0 aliphatic carbocycles. The Kier molecular flexibility index (Phi) is 5.94. The fourth-order valence-corrected chi connectivity index (χ4v) is 2.51. The molecule has 0 unspecified atom stereocenters. The Morgan fingerprint density at radius 3 is 2.48 bits per heavy atom. The second kappa shape index (κ2) is 8.14. The average Bonchev–Trinajstić information content (AvgIpc) is 2.61. The van der Waals surface area contributed by atoms with E-state index in [4.69, 9.17) is 9.47 Å². The number of nitro groups is 1. The van der Waals surface area contributed by atoms with Gasteiger partial charge in [0.2, 0.25) is 5.91 Å². The number of amides is 1. The molecule has 0 saturated heterocycles. The summed E-state index contributed by atoms with van der Waals surface area (Å²) in [7, 11) is 3.07. The molecule has 0 fully saturated rings. The summed E-state index contributed by atoms with van der Waals surface area (Å²) in [5, 5.41) is 13.8. The maximum Gasteiger partial charge on any atom is 0.274 e. The number of hydrogen-bond donors (Lipinski definition) is 1. The van der Waals surface area contributed by atoms with Crippen molar-refractivity contribution in [3.8, 4) is 11.5 Å². The van der Waals surface area contributed by atoms with E-state index in [1.807, 2.05) is 6.92 Å². The van der Waals surface area contributed by atoms with E-state index in [0.29, 0.717) is 34.7 Å². The number of carbonyl (C=O) groups is 1. The molecule has 7 heteroatoms. The van der Waals surface area contributed by atoms with E-state index >= 15 is 0 Å². The van der Waals surface area contributed by atoms with Gasteiger partial charge in [-0.1, -0.05) is 13.0 Å². The predicted molar refractivity (Wildman–Crippen MR) is 94.4 cm³/mol. The van der Waals surface area contributed by atoms with Gasteiger partial charge >= 0.3 is 0 Å². The Morgan fingerprint density at radius 2 is 1.88 bits per heavy atom. The zero-order valence-corrected chi connectivity index (χ0v) is 14.4. The second-order valence-electron chi connectivity index (χ2n) is 5.36. The van der Waals surface area contributed by atoms with Crippen molar-refractivity contribution in [3.05, 3.63) is 57.6 Å². The Hall–Kier alpha value is -3.09. The fraction of sp³-hybridized carbons (Fsp3) is 0.278. The summed E-state index contributed by atoms with van der Waals surface area (Å²) in [6.07, 6.45) is 0.606. The monoisotopic (exact) mass is 344 g/mol. The maximum atomic E-state index is 12.3. The zero-order valence-electron chi connectivity index (χ0n) is 14.4. The van der Waals surface area contributed by atoms with Crippen LogP contribution in [0.2, 0.25) is 0 Å². The third-order valence-corrected chi connectivity index (χ3v) is 3.79. The topological polar surface area (TPSA) is 90.7 Å². The Bertz CT molecular complexity index is 789.